The third kappa shape index (κ3) is 4.96. The average Bonchev–Trinajstić information content (AvgIpc) is 2.24. The van der Waals surface area contributed by atoms with Crippen LogP contribution in [0.2, 0.25) is 0 Å². The molecule has 0 aromatic heterocycles. The van der Waals surface area contributed by atoms with Gasteiger partial charge in [-0.1, -0.05) is 25.8 Å². The van der Waals surface area contributed by atoms with Gasteiger partial charge in [0.15, 0.2) is 0 Å². The van der Waals surface area contributed by atoms with Crippen LogP contribution in [0.3, 0.4) is 0 Å². The smallest absolute Gasteiger partial charge is 0.326 e. The zero-order valence-corrected chi connectivity index (χ0v) is 10.1. The van der Waals surface area contributed by atoms with E-state index >= 15 is 0 Å². The van der Waals surface area contributed by atoms with Crippen molar-refractivity contribution in [3.8, 4) is 0 Å². The van der Waals surface area contributed by atoms with E-state index in [4.69, 9.17) is 5.11 Å². The van der Waals surface area contributed by atoms with Crippen LogP contribution in [-0.2, 0) is 9.59 Å². The van der Waals surface area contributed by atoms with E-state index in [0.29, 0.717) is 6.42 Å². The van der Waals surface area contributed by atoms with E-state index in [1.54, 1.807) is 0 Å². The second kappa shape index (κ2) is 7.91. The van der Waals surface area contributed by atoms with Crippen LogP contribution in [0.1, 0.15) is 39.0 Å². The third-order valence-corrected chi connectivity index (χ3v) is 2.53. The van der Waals surface area contributed by atoms with E-state index in [1.807, 2.05) is 0 Å². The number of hydrogen-bond acceptors (Lipinski definition) is 2. The lowest BCUT2D eigenvalue weighted by Gasteiger charge is -2.23. The highest BCUT2D eigenvalue weighted by atomic mass is 16.4. The zero-order valence-electron chi connectivity index (χ0n) is 10.1. The summed E-state index contributed by atoms with van der Waals surface area (Å²) in [6.45, 7) is 5.56. The Morgan fingerprint density at radius 3 is 2.50 bits per heavy atom. The molecule has 0 bridgehead atoms. The number of carbonyl (C=O) groups is 2. The molecule has 0 aromatic rings. The summed E-state index contributed by atoms with van der Waals surface area (Å²) >= 11 is 0. The largest absolute Gasteiger partial charge is 0.480 e. The van der Waals surface area contributed by atoms with E-state index in [0.717, 1.165) is 19.3 Å². The summed E-state index contributed by atoms with van der Waals surface area (Å²) in [5.41, 5.74) is 0. The Kier molecular flexibility index (Phi) is 7.25. The summed E-state index contributed by atoms with van der Waals surface area (Å²) < 4.78 is 0. The van der Waals surface area contributed by atoms with Crippen LogP contribution in [0.5, 0.6) is 0 Å². The molecular weight excluding hydrogens is 206 g/mol. The van der Waals surface area contributed by atoms with Crippen molar-refractivity contribution < 1.29 is 14.7 Å². The molecule has 4 heteroatoms. The number of rotatable bonds is 8. The molecule has 1 N–H and O–H groups in total. The van der Waals surface area contributed by atoms with Crippen molar-refractivity contribution in [3.05, 3.63) is 12.7 Å². The first-order valence-corrected chi connectivity index (χ1v) is 5.63. The van der Waals surface area contributed by atoms with Gasteiger partial charge in [0.1, 0.15) is 6.04 Å². The molecule has 1 atom stereocenters. The molecule has 0 saturated heterocycles. The predicted molar refractivity (Wildman–Crippen MR) is 63.1 cm³/mol. The van der Waals surface area contributed by atoms with Crippen molar-refractivity contribution in [2.24, 2.45) is 0 Å². The molecule has 16 heavy (non-hydrogen) atoms. The highest BCUT2D eigenvalue weighted by Crippen LogP contribution is 2.08. The van der Waals surface area contributed by atoms with Crippen LogP contribution in [0.25, 0.3) is 0 Å². The number of amides is 1. The van der Waals surface area contributed by atoms with Crippen molar-refractivity contribution in [1.29, 1.82) is 0 Å². The number of carboxylic acid groups (broad SMARTS) is 1. The van der Waals surface area contributed by atoms with Gasteiger partial charge in [-0.3, -0.25) is 4.79 Å². The quantitative estimate of drug-likeness (QED) is 0.510. The Bertz CT molecular complexity index is 251. The molecule has 0 saturated carbocycles. The van der Waals surface area contributed by atoms with Crippen LogP contribution in [0.4, 0.5) is 0 Å². The maximum Gasteiger partial charge on any atom is 0.326 e. The van der Waals surface area contributed by atoms with Gasteiger partial charge >= 0.3 is 5.97 Å². The molecule has 1 amide bonds. The number of likely N-dealkylation sites (N-methyl/N-ethyl adjacent to an activating group) is 1. The lowest BCUT2D eigenvalue weighted by molar-refractivity contribution is -0.148. The fraction of sp³-hybridized carbons (Fsp3) is 0.667. The van der Waals surface area contributed by atoms with Crippen molar-refractivity contribution in [3.63, 3.8) is 0 Å². The van der Waals surface area contributed by atoms with E-state index in [2.05, 4.69) is 13.5 Å². The molecule has 0 fully saturated rings. The molecule has 4 nitrogen and oxygen atoms in total. The number of carbonyl (C=O) groups excluding carboxylic acids is 1. The Labute approximate surface area is 96.9 Å². The van der Waals surface area contributed by atoms with Gasteiger partial charge < -0.3 is 10.0 Å². The summed E-state index contributed by atoms with van der Waals surface area (Å²) in [7, 11) is 1.54. The predicted octanol–water partition coefficient (Wildman–Crippen LogP) is 2.05. The maximum absolute atomic E-state index is 11.7. The van der Waals surface area contributed by atoms with Crippen LogP contribution in [0.15, 0.2) is 12.7 Å². The van der Waals surface area contributed by atoms with E-state index in [1.165, 1.54) is 18.0 Å². The van der Waals surface area contributed by atoms with Crippen LogP contribution >= 0.6 is 0 Å². The Morgan fingerprint density at radius 1 is 1.44 bits per heavy atom. The van der Waals surface area contributed by atoms with Gasteiger partial charge in [-0.2, -0.15) is 0 Å². The van der Waals surface area contributed by atoms with E-state index in [9.17, 15) is 9.59 Å². The molecular formula is C12H21NO3. The molecule has 0 rings (SSSR count). The summed E-state index contributed by atoms with van der Waals surface area (Å²) in [4.78, 5) is 23.9. The molecule has 0 unspecified atom stereocenters. The van der Waals surface area contributed by atoms with Gasteiger partial charge in [0.2, 0.25) is 5.91 Å². The molecule has 0 heterocycles. The maximum atomic E-state index is 11.7. The van der Waals surface area contributed by atoms with Gasteiger partial charge in [-0.15, -0.1) is 6.58 Å². The zero-order chi connectivity index (χ0) is 12.6. The molecule has 0 spiro atoms. The number of nitrogens with zero attached hydrogens (tertiary/aromatic N) is 1. The van der Waals surface area contributed by atoms with Crippen molar-refractivity contribution >= 4 is 11.9 Å². The van der Waals surface area contributed by atoms with Crippen LogP contribution in [-0.4, -0.2) is 35.0 Å². The fourth-order valence-corrected chi connectivity index (χ4v) is 1.46. The van der Waals surface area contributed by atoms with E-state index in [-0.39, 0.29) is 12.3 Å². The van der Waals surface area contributed by atoms with Crippen molar-refractivity contribution in [2.45, 2.75) is 45.1 Å². The van der Waals surface area contributed by atoms with Crippen LogP contribution in [0, 0.1) is 0 Å². The third-order valence-electron chi connectivity index (χ3n) is 2.53. The summed E-state index contributed by atoms with van der Waals surface area (Å²) in [6, 6.07) is -0.786. The van der Waals surface area contributed by atoms with Gasteiger partial charge in [0.05, 0.1) is 0 Å². The molecule has 0 aliphatic rings. The van der Waals surface area contributed by atoms with Gasteiger partial charge in [0, 0.05) is 13.5 Å². The van der Waals surface area contributed by atoms with Crippen molar-refractivity contribution in [1.82, 2.24) is 4.90 Å². The normalized spacial score (nSPS) is 11.9. The Morgan fingerprint density at radius 2 is 2.06 bits per heavy atom. The summed E-state index contributed by atoms with van der Waals surface area (Å²) in [5.74, 6) is -1.09. The fourth-order valence-electron chi connectivity index (χ4n) is 1.46. The highest BCUT2D eigenvalue weighted by Gasteiger charge is 2.24. The van der Waals surface area contributed by atoms with Crippen LogP contribution < -0.4 is 0 Å². The first-order valence-electron chi connectivity index (χ1n) is 5.63. The average molecular weight is 227 g/mol. The van der Waals surface area contributed by atoms with Crippen molar-refractivity contribution in [2.75, 3.05) is 7.05 Å². The summed E-state index contributed by atoms with van der Waals surface area (Å²) in [5, 5.41) is 8.95. The standard InChI is InChI=1S/C12H21NO3/c1-4-6-7-9-11(14)13(3)10(8-5-2)12(15)16/h5,10H,2,4,6-9H2,1,3H3,(H,15,16)/t10-/m0/s1. The SMILES string of the molecule is C=CC[C@@H](C(=O)O)N(C)C(=O)CCCCC. The topological polar surface area (TPSA) is 57.6 Å². The number of aliphatic carboxylic acids is 1. The monoisotopic (exact) mass is 227 g/mol. The molecule has 0 aliphatic carbocycles. The lowest BCUT2D eigenvalue weighted by Crippen LogP contribution is -2.42. The minimum atomic E-state index is -0.980. The second-order valence-electron chi connectivity index (χ2n) is 3.84. The number of carboxylic acids is 1. The van der Waals surface area contributed by atoms with Gasteiger partial charge in [-0.25, -0.2) is 4.79 Å². The minimum absolute atomic E-state index is 0.109. The minimum Gasteiger partial charge on any atom is -0.480 e. The molecule has 0 aliphatic heterocycles. The first kappa shape index (κ1) is 14.7. The van der Waals surface area contributed by atoms with Gasteiger partial charge in [0.25, 0.3) is 0 Å². The second-order valence-corrected chi connectivity index (χ2v) is 3.84. The Hall–Kier alpha value is -1.32. The summed E-state index contributed by atoms with van der Waals surface area (Å²) in [6.07, 6.45) is 5.09. The Balaban J connectivity index is 4.25. The molecule has 0 radical (unpaired) electrons. The highest BCUT2D eigenvalue weighted by molar-refractivity contribution is 5.83. The first-order chi connectivity index (χ1) is 7.54. The molecule has 92 valence electrons. The lowest BCUT2D eigenvalue weighted by atomic mass is 10.1. The van der Waals surface area contributed by atoms with Gasteiger partial charge in [-0.05, 0) is 12.8 Å². The number of unbranched alkanes of at least 4 members (excludes halogenated alkanes) is 2. The molecule has 0 aromatic carbocycles. The number of hydrogen-bond donors (Lipinski definition) is 1. The van der Waals surface area contributed by atoms with E-state index < -0.39 is 12.0 Å².